The second-order valence-electron chi connectivity index (χ2n) is 1.68. The van der Waals surface area contributed by atoms with E-state index >= 15 is 0 Å². The van der Waals surface area contributed by atoms with E-state index in [1.54, 1.807) is 0 Å². The van der Waals surface area contributed by atoms with E-state index in [4.69, 9.17) is 0 Å². The van der Waals surface area contributed by atoms with Gasteiger partial charge in [-0.3, -0.25) is 0 Å². The maximum absolute atomic E-state index is 2.32. The molecular weight excluding hydrogens is 102 g/mol. The third kappa shape index (κ3) is 4.02. The molecular formula is C5H13NSi. The second kappa shape index (κ2) is 4.34. The van der Waals surface area contributed by atoms with Gasteiger partial charge < -0.3 is 4.90 Å². The molecule has 0 amide bonds. The Hall–Kier alpha value is 0.177. The van der Waals surface area contributed by atoms with E-state index in [2.05, 4.69) is 25.4 Å². The van der Waals surface area contributed by atoms with Gasteiger partial charge in [0.05, 0.1) is 9.52 Å². The Morgan fingerprint density at radius 3 is 2.29 bits per heavy atom. The molecule has 0 bridgehead atoms. The van der Waals surface area contributed by atoms with Gasteiger partial charge in [-0.15, -0.1) is 0 Å². The van der Waals surface area contributed by atoms with E-state index in [1.165, 1.54) is 12.7 Å². The number of hydrogen-bond donors (Lipinski definition) is 0. The van der Waals surface area contributed by atoms with Crippen LogP contribution in [0.1, 0.15) is 6.92 Å². The first-order valence-corrected chi connectivity index (χ1v) is 4.35. The predicted octanol–water partition coefficient (Wildman–Crippen LogP) is 0.648. The fourth-order valence-corrected chi connectivity index (χ4v) is 1.15. The average Bonchev–Trinajstić information content (AvgIpc) is 1.68. The molecule has 2 heteroatoms. The third-order valence-corrected chi connectivity index (χ3v) is 1.82. The molecule has 0 aromatic rings. The van der Waals surface area contributed by atoms with Gasteiger partial charge in [0.1, 0.15) is 0 Å². The SMILES string of the molecule is CCN(C)C[Si]C. The quantitative estimate of drug-likeness (QED) is 0.488. The van der Waals surface area contributed by atoms with Crippen LogP contribution in [0.2, 0.25) is 6.55 Å². The highest BCUT2D eigenvalue weighted by Gasteiger charge is 1.87. The van der Waals surface area contributed by atoms with Gasteiger partial charge in [-0.1, -0.05) is 13.5 Å². The molecule has 0 aliphatic carbocycles. The van der Waals surface area contributed by atoms with Crippen molar-refractivity contribution in [2.45, 2.75) is 13.5 Å². The Labute approximate surface area is 48.5 Å². The molecule has 0 unspecified atom stereocenters. The zero-order chi connectivity index (χ0) is 5.70. The van der Waals surface area contributed by atoms with Crippen LogP contribution in [-0.2, 0) is 0 Å². The Kier molecular flexibility index (Phi) is 4.45. The summed E-state index contributed by atoms with van der Waals surface area (Å²) >= 11 is 0. The lowest BCUT2D eigenvalue weighted by Crippen LogP contribution is -2.21. The van der Waals surface area contributed by atoms with Crippen LogP contribution in [0.15, 0.2) is 0 Å². The lowest BCUT2D eigenvalue weighted by atomic mass is 10.7. The molecule has 0 saturated carbocycles. The van der Waals surface area contributed by atoms with Gasteiger partial charge in [-0.05, 0) is 19.8 Å². The second-order valence-corrected chi connectivity index (χ2v) is 2.71. The summed E-state index contributed by atoms with van der Waals surface area (Å²) in [6.45, 7) is 5.59. The molecule has 0 aromatic carbocycles. The molecule has 1 nitrogen and oxygen atoms in total. The summed E-state index contributed by atoms with van der Waals surface area (Å²) in [7, 11) is 3.22. The Bertz CT molecular complexity index is 39.1. The molecule has 0 heterocycles. The van der Waals surface area contributed by atoms with Crippen LogP contribution in [0.5, 0.6) is 0 Å². The zero-order valence-electron chi connectivity index (χ0n) is 5.36. The first-order valence-electron chi connectivity index (χ1n) is 2.64. The summed E-state index contributed by atoms with van der Waals surface area (Å²) in [6, 6.07) is 0. The molecule has 42 valence electrons. The minimum atomic E-state index is 1.07. The van der Waals surface area contributed by atoms with Crippen molar-refractivity contribution in [3.05, 3.63) is 0 Å². The van der Waals surface area contributed by atoms with Gasteiger partial charge in [0, 0.05) is 0 Å². The fourth-order valence-electron chi connectivity index (χ4n) is 0.382. The van der Waals surface area contributed by atoms with Crippen molar-refractivity contribution >= 4 is 9.52 Å². The molecule has 0 spiro atoms. The highest BCUT2D eigenvalue weighted by atomic mass is 28.2. The molecule has 0 aliphatic rings. The largest absolute Gasteiger partial charge is 0.310 e. The molecule has 0 atom stereocenters. The summed E-state index contributed by atoms with van der Waals surface area (Å²) in [5, 5.41) is 0. The first-order chi connectivity index (χ1) is 3.31. The van der Waals surface area contributed by atoms with Gasteiger partial charge in [0.15, 0.2) is 0 Å². The lowest BCUT2D eigenvalue weighted by molar-refractivity contribution is 0.410. The fraction of sp³-hybridized carbons (Fsp3) is 1.00. The normalized spacial score (nSPS) is 10.3. The van der Waals surface area contributed by atoms with Crippen molar-refractivity contribution in [2.24, 2.45) is 0 Å². The maximum Gasteiger partial charge on any atom is 0.0532 e. The van der Waals surface area contributed by atoms with Crippen LogP contribution < -0.4 is 0 Å². The van der Waals surface area contributed by atoms with Crippen LogP contribution in [-0.4, -0.2) is 34.2 Å². The van der Waals surface area contributed by atoms with E-state index in [0.717, 1.165) is 9.52 Å². The van der Waals surface area contributed by atoms with Crippen LogP contribution in [0.4, 0.5) is 0 Å². The molecule has 0 aromatic heterocycles. The Morgan fingerprint density at radius 2 is 2.14 bits per heavy atom. The van der Waals surface area contributed by atoms with Crippen molar-refractivity contribution in [1.82, 2.24) is 4.90 Å². The van der Waals surface area contributed by atoms with Crippen molar-refractivity contribution in [3.8, 4) is 0 Å². The van der Waals surface area contributed by atoms with E-state index in [-0.39, 0.29) is 0 Å². The highest BCUT2D eigenvalue weighted by molar-refractivity contribution is 6.33. The van der Waals surface area contributed by atoms with Crippen molar-refractivity contribution in [1.29, 1.82) is 0 Å². The number of hydrogen-bond acceptors (Lipinski definition) is 1. The van der Waals surface area contributed by atoms with E-state index in [9.17, 15) is 0 Å². The highest BCUT2D eigenvalue weighted by Crippen LogP contribution is 1.75. The lowest BCUT2D eigenvalue weighted by Gasteiger charge is -2.09. The third-order valence-electron chi connectivity index (χ3n) is 0.968. The molecule has 0 N–H and O–H groups in total. The topological polar surface area (TPSA) is 3.24 Å². The van der Waals surface area contributed by atoms with E-state index in [1.807, 2.05) is 0 Å². The minimum absolute atomic E-state index is 1.07. The summed E-state index contributed by atoms with van der Waals surface area (Å²) < 4.78 is 0. The number of nitrogens with zero attached hydrogens (tertiary/aromatic N) is 1. The molecule has 7 heavy (non-hydrogen) atoms. The van der Waals surface area contributed by atoms with Gasteiger partial charge >= 0.3 is 0 Å². The Balaban J connectivity index is 2.83. The predicted molar refractivity (Wildman–Crippen MR) is 34.8 cm³/mol. The van der Waals surface area contributed by atoms with Gasteiger partial charge in [-0.2, -0.15) is 0 Å². The summed E-state index contributed by atoms with van der Waals surface area (Å²) in [5.41, 5.74) is 0. The zero-order valence-corrected chi connectivity index (χ0v) is 6.36. The van der Waals surface area contributed by atoms with Crippen LogP contribution in [0, 0.1) is 0 Å². The van der Waals surface area contributed by atoms with E-state index < -0.39 is 0 Å². The van der Waals surface area contributed by atoms with Crippen molar-refractivity contribution in [3.63, 3.8) is 0 Å². The number of rotatable bonds is 3. The standard InChI is InChI=1S/C5H13NSi/c1-4-6(2)5-7-3/h4-5H2,1-3H3. The summed E-state index contributed by atoms with van der Waals surface area (Å²) in [6.07, 6.45) is 1.26. The van der Waals surface area contributed by atoms with Gasteiger partial charge in [0.25, 0.3) is 0 Å². The monoisotopic (exact) mass is 115 g/mol. The molecule has 0 saturated heterocycles. The van der Waals surface area contributed by atoms with E-state index in [0.29, 0.717) is 0 Å². The first kappa shape index (κ1) is 7.18. The van der Waals surface area contributed by atoms with Gasteiger partial charge in [0.2, 0.25) is 0 Å². The van der Waals surface area contributed by atoms with Gasteiger partial charge in [-0.25, -0.2) is 0 Å². The minimum Gasteiger partial charge on any atom is -0.310 e. The molecule has 0 aliphatic heterocycles. The summed E-state index contributed by atoms with van der Waals surface area (Å²) in [4.78, 5) is 2.32. The maximum atomic E-state index is 2.32. The van der Waals surface area contributed by atoms with Crippen LogP contribution >= 0.6 is 0 Å². The van der Waals surface area contributed by atoms with Crippen LogP contribution in [0.25, 0.3) is 0 Å². The van der Waals surface area contributed by atoms with Crippen molar-refractivity contribution < 1.29 is 0 Å². The summed E-state index contributed by atoms with van der Waals surface area (Å²) in [5.74, 6) is 0. The van der Waals surface area contributed by atoms with Crippen LogP contribution in [0.3, 0.4) is 0 Å². The smallest absolute Gasteiger partial charge is 0.0532 e. The average molecular weight is 115 g/mol. The molecule has 2 radical (unpaired) electrons. The Morgan fingerprint density at radius 1 is 1.57 bits per heavy atom. The van der Waals surface area contributed by atoms with Crippen molar-refractivity contribution in [2.75, 3.05) is 19.8 Å². The molecule has 0 rings (SSSR count). The molecule has 0 fully saturated rings.